The van der Waals surface area contributed by atoms with E-state index < -0.39 is 25.4 Å². The summed E-state index contributed by atoms with van der Waals surface area (Å²) in [6.07, 6.45) is -4.73. The predicted octanol–water partition coefficient (Wildman–Crippen LogP) is 2.79. The Balaban J connectivity index is 2.50. The van der Waals surface area contributed by atoms with Gasteiger partial charge in [0.25, 0.3) is 0 Å². The lowest BCUT2D eigenvalue weighted by atomic mass is 10.3. The monoisotopic (exact) mass is 338 g/mol. The zero-order valence-electron chi connectivity index (χ0n) is 10.6. The van der Waals surface area contributed by atoms with Gasteiger partial charge in [0, 0.05) is 0 Å². The third kappa shape index (κ3) is 3.16. The van der Waals surface area contributed by atoms with Crippen LogP contribution in [0.15, 0.2) is 33.5 Å². The van der Waals surface area contributed by atoms with E-state index in [9.17, 15) is 21.6 Å². The van der Waals surface area contributed by atoms with Gasteiger partial charge in [0.2, 0.25) is 19.2 Å². The van der Waals surface area contributed by atoms with E-state index in [4.69, 9.17) is 4.74 Å². The number of halogens is 3. The summed E-state index contributed by atoms with van der Waals surface area (Å²) in [5.41, 5.74) is 0. The number of benzene rings is 1. The molecule has 0 atom stereocenters. The first-order valence-electron chi connectivity index (χ1n) is 5.64. The van der Waals surface area contributed by atoms with Crippen LogP contribution in [0.5, 0.6) is 5.75 Å². The number of nitrogens with zero attached hydrogens (tertiary/aromatic N) is 2. The minimum absolute atomic E-state index is 0.0224. The van der Waals surface area contributed by atoms with Crippen LogP contribution in [0.25, 0.3) is 0 Å². The zero-order chi connectivity index (χ0) is 15.7. The highest BCUT2D eigenvalue weighted by molar-refractivity contribution is 7.93. The summed E-state index contributed by atoms with van der Waals surface area (Å²) < 4.78 is 66.6. The standard InChI is InChI=1S/C11H9F3N2O3S2/c1-2-19-7-5-3-4-6-8(7)21(17,18)10-16-15-9(20-10)11(12,13)14/h3-6H,2H2,1H3. The molecule has 0 amide bonds. The summed E-state index contributed by atoms with van der Waals surface area (Å²) in [6, 6.07) is 5.67. The third-order valence-corrected chi connectivity index (χ3v) is 5.45. The summed E-state index contributed by atoms with van der Waals surface area (Å²) >= 11 is -0.0224. The van der Waals surface area contributed by atoms with Crippen molar-refractivity contribution in [1.82, 2.24) is 10.2 Å². The lowest BCUT2D eigenvalue weighted by Gasteiger charge is -2.08. The van der Waals surface area contributed by atoms with Gasteiger partial charge in [-0.1, -0.05) is 23.5 Å². The van der Waals surface area contributed by atoms with Crippen molar-refractivity contribution in [2.45, 2.75) is 22.3 Å². The number of hydrogen-bond donors (Lipinski definition) is 0. The van der Waals surface area contributed by atoms with Gasteiger partial charge in [-0.05, 0) is 19.1 Å². The lowest BCUT2D eigenvalue weighted by Crippen LogP contribution is -2.05. The lowest BCUT2D eigenvalue weighted by molar-refractivity contribution is -0.138. The molecule has 5 nitrogen and oxygen atoms in total. The van der Waals surface area contributed by atoms with E-state index in [-0.39, 0.29) is 28.6 Å². The summed E-state index contributed by atoms with van der Waals surface area (Å²) in [7, 11) is -4.21. The van der Waals surface area contributed by atoms with Gasteiger partial charge in [0.15, 0.2) is 0 Å². The third-order valence-electron chi connectivity index (χ3n) is 2.32. The Kier molecular flexibility index (Phi) is 4.19. The molecule has 21 heavy (non-hydrogen) atoms. The highest BCUT2D eigenvalue weighted by Crippen LogP contribution is 2.36. The molecule has 1 aromatic carbocycles. The zero-order valence-corrected chi connectivity index (χ0v) is 12.2. The van der Waals surface area contributed by atoms with Crippen molar-refractivity contribution < 1.29 is 26.3 Å². The van der Waals surface area contributed by atoms with Crippen LogP contribution in [0.1, 0.15) is 11.9 Å². The number of ether oxygens (including phenoxy) is 1. The van der Waals surface area contributed by atoms with Crippen LogP contribution in [0, 0.1) is 0 Å². The van der Waals surface area contributed by atoms with Crippen LogP contribution in [-0.2, 0) is 16.0 Å². The van der Waals surface area contributed by atoms with Crippen molar-refractivity contribution in [2.75, 3.05) is 6.61 Å². The fourth-order valence-corrected chi connectivity index (χ4v) is 3.85. The van der Waals surface area contributed by atoms with Crippen molar-refractivity contribution in [3.63, 3.8) is 0 Å². The normalized spacial score (nSPS) is 12.4. The van der Waals surface area contributed by atoms with Crippen molar-refractivity contribution in [1.29, 1.82) is 0 Å². The molecule has 1 heterocycles. The quantitative estimate of drug-likeness (QED) is 0.857. The molecule has 0 saturated heterocycles. The molecule has 2 rings (SSSR count). The Labute approximate surface area is 122 Å². The largest absolute Gasteiger partial charge is 0.492 e. The maximum atomic E-state index is 12.5. The molecule has 0 N–H and O–H groups in total. The Bertz CT molecular complexity index is 741. The molecule has 0 fully saturated rings. The average molecular weight is 338 g/mol. The molecule has 0 aliphatic rings. The molecule has 0 bridgehead atoms. The van der Waals surface area contributed by atoms with Crippen molar-refractivity contribution in [3.05, 3.63) is 29.3 Å². The van der Waals surface area contributed by atoms with E-state index in [1.54, 1.807) is 13.0 Å². The maximum Gasteiger partial charge on any atom is 0.445 e. The molecule has 10 heteroatoms. The number of para-hydroxylation sites is 1. The van der Waals surface area contributed by atoms with Crippen molar-refractivity contribution >= 4 is 21.2 Å². The molecule has 2 aromatic rings. The highest BCUT2D eigenvalue weighted by atomic mass is 32.2. The van der Waals surface area contributed by atoms with Gasteiger partial charge >= 0.3 is 6.18 Å². The molecular weight excluding hydrogens is 329 g/mol. The Morgan fingerprint density at radius 3 is 2.48 bits per heavy atom. The topological polar surface area (TPSA) is 69.2 Å². The van der Waals surface area contributed by atoms with Gasteiger partial charge in [-0.3, -0.25) is 0 Å². The molecule has 0 unspecified atom stereocenters. The molecule has 0 saturated carbocycles. The van der Waals surface area contributed by atoms with Crippen LogP contribution in [-0.4, -0.2) is 25.2 Å². The number of aromatic nitrogens is 2. The Morgan fingerprint density at radius 2 is 1.90 bits per heavy atom. The molecule has 1 aromatic heterocycles. The second kappa shape index (κ2) is 5.60. The smallest absolute Gasteiger partial charge is 0.445 e. The first-order valence-corrected chi connectivity index (χ1v) is 7.94. The second-order valence-corrected chi connectivity index (χ2v) is 6.82. The van der Waals surface area contributed by atoms with Crippen LogP contribution in [0.3, 0.4) is 0 Å². The molecule has 0 aliphatic heterocycles. The van der Waals surface area contributed by atoms with Crippen LogP contribution >= 0.6 is 11.3 Å². The van der Waals surface area contributed by atoms with E-state index in [2.05, 4.69) is 10.2 Å². The van der Waals surface area contributed by atoms with Crippen LogP contribution in [0.2, 0.25) is 0 Å². The SMILES string of the molecule is CCOc1ccccc1S(=O)(=O)c1nnc(C(F)(F)F)s1. The Morgan fingerprint density at radius 1 is 1.24 bits per heavy atom. The molecule has 114 valence electrons. The number of alkyl halides is 3. The van der Waals surface area contributed by atoms with E-state index in [0.29, 0.717) is 0 Å². The second-order valence-electron chi connectivity index (χ2n) is 3.75. The summed E-state index contributed by atoms with van der Waals surface area (Å²) in [6.45, 7) is 1.88. The predicted molar refractivity (Wildman–Crippen MR) is 68.0 cm³/mol. The minimum atomic E-state index is -4.73. The van der Waals surface area contributed by atoms with Crippen molar-refractivity contribution in [2.24, 2.45) is 0 Å². The fourth-order valence-electron chi connectivity index (χ4n) is 1.47. The van der Waals surface area contributed by atoms with E-state index in [1.807, 2.05) is 0 Å². The molecule has 0 spiro atoms. The van der Waals surface area contributed by atoms with Gasteiger partial charge in [0.1, 0.15) is 10.6 Å². The van der Waals surface area contributed by atoms with Crippen LogP contribution in [0.4, 0.5) is 13.2 Å². The summed E-state index contributed by atoms with van der Waals surface area (Å²) in [5, 5.41) is 4.71. The van der Waals surface area contributed by atoms with Gasteiger partial charge in [0.05, 0.1) is 6.61 Å². The summed E-state index contributed by atoms with van der Waals surface area (Å²) in [5.74, 6) is 0.0590. The number of sulfone groups is 1. The summed E-state index contributed by atoms with van der Waals surface area (Å²) in [4.78, 5) is -0.239. The number of hydrogen-bond acceptors (Lipinski definition) is 6. The first-order chi connectivity index (χ1) is 9.76. The van der Waals surface area contributed by atoms with E-state index in [0.717, 1.165) is 0 Å². The molecular formula is C11H9F3N2O3S2. The van der Waals surface area contributed by atoms with Crippen LogP contribution < -0.4 is 4.74 Å². The fraction of sp³-hybridized carbons (Fsp3) is 0.273. The maximum absolute atomic E-state index is 12.5. The van der Waals surface area contributed by atoms with Gasteiger partial charge < -0.3 is 4.74 Å². The molecule has 0 radical (unpaired) electrons. The van der Waals surface area contributed by atoms with Crippen molar-refractivity contribution in [3.8, 4) is 5.75 Å². The highest BCUT2D eigenvalue weighted by Gasteiger charge is 2.38. The molecule has 0 aliphatic carbocycles. The average Bonchev–Trinajstić information content (AvgIpc) is 2.90. The van der Waals surface area contributed by atoms with Gasteiger partial charge in [-0.15, -0.1) is 10.2 Å². The Hall–Kier alpha value is -1.68. The van der Waals surface area contributed by atoms with Gasteiger partial charge in [-0.25, -0.2) is 8.42 Å². The van der Waals surface area contributed by atoms with E-state index >= 15 is 0 Å². The number of rotatable bonds is 4. The van der Waals surface area contributed by atoms with E-state index in [1.165, 1.54) is 18.2 Å². The minimum Gasteiger partial charge on any atom is -0.492 e. The van der Waals surface area contributed by atoms with Gasteiger partial charge in [-0.2, -0.15) is 13.2 Å². The first kappa shape index (κ1) is 15.7.